The zero-order valence-electron chi connectivity index (χ0n) is 19.1. The summed E-state index contributed by atoms with van der Waals surface area (Å²) in [6, 6.07) is 5.28. The van der Waals surface area contributed by atoms with Crippen LogP contribution in [0.15, 0.2) is 24.3 Å². The van der Waals surface area contributed by atoms with Crippen LogP contribution in [0.3, 0.4) is 0 Å². The molecular weight excluding hydrogens is 449 g/mol. The van der Waals surface area contributed by atoms with Gasteiger partial charge in [-0.2, -0.15) is 13.2 Å². The van der Waals surface area contributed by atoms with E-state index >= 15 is 0 Å². The standard InChI is InChI=1S/C24H29F3N4O3/c1-15-29-19(13-20(32)31-18-8-3-2-4-9-18)21(23-33-10-11-34-23)22(30-15)28-14-16-6-5-7-17(12-16)24(25,26)27/h5-7,12,18,23H,2-4,8-11,13-14H2,1H3,(H,31,32)(H,28,29,30). The van der Waals surface area contributed by atoms with Crippen molar-refractivity contribution in [3.63, 3.8) is 0 Å². The Kier molecular flexibility index (Phi) is 7.67. The van der Waals surface area contributed by atoms with Crippen LogP contribution >= 0.6 is 0 Å². The summed E-state index contributed by atoms with van der Waals surface area (Å²) in [5.74, 6) is 0.694. The number of nitrogens with zero attached hydrogens (tertiary/aromatic N) is 2. The van der Waals surface area contributed by atoms with Crippen LogP contribution in [0.2, 0.25) is 0 Å². The molecule has 4 rings (SSSR count). The number of carbonyl (C=O) groups is 1. The van der Waals surface area contributed by atoms with Gasteiger partial charge in [0.25, 0.3) is 0 Å². The highest BCUT2D eigenvalue weighted by atomic mass is 19.4. The molecule has 34 heavy (non-hydrogen) atoms. The van der Waals surface area contributed by atoms with E-state index in [0.717, 1.165) is 37.8 Å². The Morgan fingerprint density at radius 3 is 2.56 bits per heavy atom. The van der Waals surface area contributed by atoms with Crippen molar-refractivity contribution in [2.24, 2.45) is 0 Å². The molecule has 1 aromatic heterocycles. The van der Waals surface area contributed by atoms with Crippen molar-refractivity contribution in [1.29, 1.82) is 0 Å². The van der Waals surface area contributed by atoms with Gasteiger partial charge in [0.05, 0.1) is 36.5 Å². The number of benzene rings is 1. The fourth-order valence-corrected chi connectivity index (χ4v) is 4.40. The molecule has 7 nitrogen and oxygen atoms in total. The van der Waals surface area contributed by atoms with Crippen LogP contribution in [0.1, 0.15) is 66.6 Å². The highest BCUT2D eigenvalue weighted by Crippen LogP contribution is 2.33. The zero-order chi connectivity index (χ0) is 24.1. The van der Waals surface area contributed by atoms with Gasteiger partial charge in [-0.25, -0.2) is 9.97 Å². The fourth-order valence-electron chi connectivity index (χ4n) is 4.40. The Bertz CT molecular complexity index is 1000. The third-order valence-electron chi connectivity index (χ3n) is 6.01. The van der Waals surface area contributed by atoms with Gasteiger partial charge in [0, 0.05) is 12.6 Å². The number of hydrogen-bond acceptors (Lipinski definition) is 6. The van der Waals surface area contributed by atoms with Crippen molar-refractivity contribution >= 4 is 11.7 Å². The second kappa shape index (κ2) is 10.7. The highest BCUT2D eigenvalue weighted by Gasteiger charge is 2.31. The van der Waals surface area contributed by atoms with Gasteiger partial charge in [-0.15, -0.1) is 0 Å². The molecule has 0 bridgehead atoms. The first-order valence-corrected chi connectivity index (χ1v) is 11.6. The molecule has 0 radical (unpaired) electrons. The minimum Gasteiger partial charge on any atom is -0.365 e. The van der Waals surface area contributed by atoms with Gasteiger partial charge >= 0.3 is 6.18 Å². The first-order valence-electron chi connectivity index (χ1n) is 11.6. The van der Waals surface area contributed by atoms with Gasteiger partial charge in [0.15, 0.2) is 6.29 Å². The lowest BCUT2D eigenvalue weighted by Gasteiger charge is -2.23. The average molecular weight is 479 g/mol. The molecule has 10 heteroatoms. The van der Waals surface area contributed by atoms with Crippen molar-refractivity contribution in [2.45, 2.75) is 70.5 Å². The summed E-state index contributed by atoms with van der Waals surface area (Å²) in [6.45, 7) is 2.59. The molecule has 1 saturated heterocycles. The number of carbonyl (C=O) groups excluding carboxylic acids is 1. The number of nitrogens with one attached hydrogen (secondary N) is 2. The number of halogens is 3. The van der Waals surface area contributed by atoms with Crippen LogP contribution in [0.5, 0.6) is 0 Å². The zero-order valence-corrected chi connectivity index (χ0v) is 19.1. The molecule has 0 atom stereocenters. The molecular formula is C24H29F3N4O3. The molecule has 1 amide bonds. The van der Waals surface area contributed by atoms with Crippen molar-refractivity contribution in [3.8, 4) is 0 Å². The number of aryl methyl sites for hydroxylation is 1. The maximum absolute atomic E-state index is 13.1. The molecule has 1 aromatic carbocycles. The number of anilines is 1. The fraction of sp³-hybridized carbons (Fsp3) is 0.542. The number of aromatic nitrogens is 2. The Balaban J connectivity index is 1.55. The Hall–Kier alpha value is -2.72. The van der Waals surface area contributed by atoms with Gasteiger partial charge in [0.1, 0.15) is 11.6 Å². The van der Waals surface area contributed by atoms with Crippen LogP contribution < -0.4 is 10.6 Å². The van der Waals surface area contributed by atoms with Crippen molar-refractivity contribution < 1.29 is 27.4 Å². The maximum atomic E-state index is 13.1. The van der Waals surface area contributed by atoms with E-state index in [9.17, 15) is 18.0 Å². The van der Waals surface area contributed by atoms with E-state index in [4.69, 9.17) is 9.47 Å². The smallest absolute Gasteiger partial charge is 0.365 e. The largest absolute Gasteiger partial charge is 0.416 e. The SMILES string of the molecule is Cc1nc(CC(=O)NC2CCCCC2)c(C2OCCO2)c(NCc2cccc(C(F)(F)F)c2)n1. The van der Waals surface area contributed by atoms with Gasteiger partial charge in [-0.05, 0) is 37.5 Å². The van der Waals surface area contributed by atoms with Crippen LogP contribution in [-0.2, 0) is 33.4 Å². The predicted octanol–water partition coefficient (Wildman–Crippen LogP) is 4.45. The molecule has 2 N–H and O–H groups in total. The van der Waals surface area contributed by atoms with Crippen molar-refractivity contribution in [3.05, 3.63) is 52.5 Å². The summed E-state index contributed by atoms with van der Waals surface area (Å²) >= 11 is 0. The molecule has 1 aliphatic carbocycles. The number of amides is 1. The summed E-state index contributed by atoms with van der Waals surface area (Å²) < 4.78 is 50.6. The summed E-state index contributed by atoms with van der Waals surface area (Å²) in [4.78, 5) is 21.7. The van der Waals surface area contributed by atoms with Gasteiger partial charge < -0.3 is 20.1 Å². The van der Waals surface area contributed by atoms with Crippen molar-refractivity contribution in [2.75, 3.05) is 18.5 Å². The van der Waals surface area contributed by atoms with E-state index in [1.54, 1.807) is 13.0 Å². The summed E-state index contributed by atoms with van der Waals surface area (Å²) in [5.41, 5.74) is 0.725. The van der Waals surface area contributed by atoms with Gasteiger partial charge in [-0.3, -0.25) is 4.79 Å². The maximum Gasteiger partial charge on any atom is 0.416 e. The van der Waals surface area contributed by atoms with Crippen LogP contribution in [0, 0.1) is 6.92 Å². The summed E-state index contributed by atoms with van der Waals surface area (Å²) in [5, 5.41) is 6.21. The number of alkyl halides is 3. The molecule has 1 aliphatic heterocycles. The second-order valence-corrected chi connectivity index (χ2v) is 8.68. The Morgan fingerprint density at radius 2 is 1.85 bits per heavy atom. The Labute approximate surface area is 196 Å². The number of ether oxygens (including phenoxy) is 2. The summed E-state index contributed by atoms with van der Waals surface area (Å²) in [7, 11) is 0. The van der Waals surface area contributed by atoms with Gasteiger partial charge in [-0.1, -0.05) is 31.4 Å². The van der Waals surface area contributed by atoms with E-state index in [1.165, 1.54) is 12.5 Å². The summed E-state index contributed by atoms with van der Waals surface area (Å²) in [6.07, 6.45) is 0.223. The predicted molar refractivity (Wildman–Crippen MR) is 119 cm³/mol. The third-order valence-corrected chi connectivity index (χ3v) is 6.01. The number of hydrogen-bond donors (Lipinski definition) is 2. The molecule has 2 aromatic rings. The lowest BCUT2D eigenvalue weighted by Crippen LogP contribution is -2.37. The molecule has 1 saturated carbocycles. The molecule has 2 fully saturated rings. The molecule has 2 aliphatic rings. The molecule has 0 unspecified atom stereocenters. The van der Waals surface area contributed by atoms with E-state index in [2.05, 4.69) is 20.6 Å². The minimum absolute atomic E-state index is 0.0383. The first kappa shape index (κ1) is 24.4. The molecule has 184 valence electrons. The van der Waals surface area contributed by atoms with E-state index in [1.807, 2.05) is 0 Å². The Morgan fingerprint density at radius 1 is 1.12 bits per heavy atom. The topological polar surface area (TPSA) is 85.4 Å². The van der Waals surface area contributed by atoms with E-state index in [0.29, 0.717) is 41.7 Å². The van der Waals surface area contributed by atoms with Gasteiger partial charge in [0.2, 0.25) is 5.91 Å². The number of rotatable bonds is 7. The third kappa shape index (κ3) is 6.24. The van der Waals surface area contributed by atoms with Crippen molar-refractivity contribution in [1.82, 2.24) is 15.3 Å². The van der Waals surface area contributed by atoms with E-state index in [-0.39, 0.29) is 24.9 Å². The second-order valence-electron chi connectivity index (χ2n) is 8.68. The lowest BCUT2D eigenvalue weighted by molar-refractivity contribution is -0.137. The quantitative estimate of drug-likeness (QED) is 0.612. The van der Waals surface area contributed by atoms with E-state index < -0.39 is 18.0 Å². The minimum atomic E-state index is -4.42. The van der Waals surface area contributed by atoms with Crippen LogP contribution in [-0.4, -0.2) is 35.1 Å². The molecule has 2 heterocycles. The lowest BCUT2D eigenvalue weighted by atomic mass is 9.95. The average Bonchev–Trinajstić information content (AvgIpc) is 3.32. The monoisotopic (exact) mass is 478 g/mol. The molecule has 0 spiro atoms. The van der Waals surface area contributed by atoms with Crippen LogP contribution in [0.4, 0.5) is 19.0 Å². The normalized spacial score (nSPS) is 17.6. The first-order chi connectivity index (χ1) is 16.3. The highest BCUT2D eigenvalue weighted by molar-refractivity contribution is 5.79. The van der Waals surface area contributed by atoms with Crippen LogP contribution in [0.25, 0.3) is 0 Å².